The van der Waals surface area contributed by atoms with Gasteiger partial charge in [-0.2, -0.15) is 0 Å². The van der Waals surface area contributed by atoms with Crippen LogP contribution in [0.1, 0.15) is 6.42 Å². The van der Waals surface area contributed by atoms with Crippen molar-refractivity contribution in [2.45, 2.75) is 17.4 Å². The van der Waals surface area contributed by atoms with Crippen molar-refractivity contribution in [1.82, 2.24) is 0 Å². The van der Waals surface area contributed by atoms with Crippen LogP contribution in [0.3, 0.4) is 0 Å². The molecule has 1 atom stereocenters. The summed E-state index contributed by atoms with van der Waals surface area (Å²) in [6.07, 6.45) is 0.430. The van der Waals surface area contributed by atoms with Crippen molar-refractivity contribution in [2.24, 2.45) is 0 Å². The largest absolute Gasteiger partial charge is 0.490 e. The van der Waals surface area contributed by atoms with Crippen molar-refractivity contribution >= 4 is 23.4 Å². The molecule has 0 bridgehead atoms. The second-order valence-electron chi connectivity index (χ2n) is 3.78. The van der Waals surface area contributed by atoms with E-state index in [1.807, 2.05) is 18.2 Å². The number of aliphatic hydroxyl groups is 1. The van der Waals surface area contributed by atoms with Crippen LogP contribution in [0.25, 0.3) is 0 Å². The molecule has 0 fully saturated rings. The SMILES string of the molecule is OC(CCl)CSc1ccc2c(c1)OCCCO2. The number of halogens is 1. The van der Waals surface area contributed by atoms with Crippen molar-refractivity contribution in [3.05, 3.63) is 18.2 Å². The molecule has 3 nitrogen and oxygen atoms in total. The lowest BCUT2D eigenvalue weighted by molar-refractivity contribution is 0.223. The summed E-state index contributed by atoms with van der Waals surface area (Å²) in [5.41, 5.74) is 0. The highest BCUT2D eigenvalue weighted by atomic mass is 35.5. The molecule has 5 heteroatoms. The van der Waals surface area contributed by atoms with Gasteiger partial charge in [0, 0.05) is 22.9 Å². The molecule has 2 rings (SSSR count). The first-order valence-electron chi connectivity index (χ1n) is 5.56. The van der Waals surface area contributed by atoms with Gasteiger partial charge in [0.2, 0.25) is 0 Å². The monoisotopic (exact) mass is 274 g/mol. The van der Waals surface area contributed by atoms with E-state index < -0.39 is 6.10 Å². The number of ether oxygens (including phenoxy) is 2. The standard InChI is InChI=1S/C12H15ClO3S/c13-7-9(14)8-17-10-2-3-11-12(6-10)16-5-1-4-15-11/h2-3,6,9,14H,1,4-5,7-8H2. The molecule has 1 aliphatic heterocycles. The molecule has 0 radical (unpaired) electrons. The van der Waals surface area contributed by atoms with E-state index in [1.165, 1.54) is 0 Å². The predicted octanol–water partition coefficient (Wildman–Crippen LogP) is 2.54. The Labute approximate surface area is 110 Å². The van der Waals surface area contributed by atoms with Gasteiger partial charge in [-0.25, -0.2) is 0 Å². The second-order valence-corrected chi connectivity index (χ2v) is 5.18. The molecule has 1 aromatic rings. The number of aliphatic hydroxyl groups excluding tert-OH is 1. The maximum absolute atomic E-state index is 9.39. The summed E-state index contributed by atoms with van der Waals surface area (Å²) in [5.74, 6) is 2.43. The quantitative estimate of drug-likeness (QED) is 0.676. The van der Waals surface area contributed by atoms with Crippen molar-refractivity contribution in [3.63, 3.8) is 0 Å². The summed E-state index contributed by atoms with van der Waals surface area (Å²) in [7, 11) is 0. The van der Waals surface area contributed by atoms with E-state index in [1.54, 1.807) is 11.8 Å². The molecule has 94 valence electrons. The van der Waals surface area contributed by atoms with Gasteiger partial charge in [0.05, 0.1) is 19.3 Å². The highest BCUT2D eigenvalue weighted by Gasteiger charge is 2.11. The van der Waals surface area contributed by atoms with Crippen LogP contribution in [0.2, 0.25) is 0 Å². The molecule has 0 saturated heterocycles. The van der Waals surface area contributed by atoms with Gasteiger partial charge in [-0.15, -0.1) is 23.4 Å². The Hall–Kier alpha value is -0.580. The van der Waals surface area contributed by atoms with Crippen LogP contribution in [0, 0.1) is 0 Å². The van der Waals surface area contributed by atoms with Crippen molar-refractivity contribution in [2.75, 3.05) is 24.8 Å². The van der Waals surface area contributed by atoms with E-state index in [0.717, 1.165) is 22.8 Å². The Balaban J connectivity index is 2.02. The Bertz CT molecular complexity index is 373. The van der Waals surface area contributed by atoms with Crippen LogP contribution < -0.4 is 9.47 Å². The van der Waals surface area contributed by atoms with Crippen LogP contribution in [0.4, 0.5) is 0 Å². The highest BCUT2D eigenvalue weighted by Crippen LogP contribution is 2.34. The molecule has 1 unspecified atom stereocenters. The summed E-state index contributed by atoms with van der Waals surface area (Å²) >= 11 is 7.11. The summed E-state index contributed by atoms with van der Waals surface area (Å²) in [4.78, 5) is 1.05. The third-order valence-electron chi connectivity index (χ3n) is 2.34. The van der Waals surface area contributed by atoms with Gasteiger partial charge in [0.1, 0.15) is 0 Å². The zero-order valence-electron chi connectivity index (χ0n) is 9.39. The molecule has 1 N–H and O–H groups in total. The first kappa shape index (κ1) is 12.9. The molecule has 0 spiro atoms. The minimum absolute atomic E-state index is 0.261. The topological polar surface area (TPSA) is 38.7 Å². The fourth-order valence-corrected chi connectivity index (χ4v) is 2.57. The van der Waals surface area contributed by atoms with E-state index in [0.29, 0.717) is 19.0 Å². The van der Waals surface area contributed by atoms with E-state index in [-0.39, 0.29) is 5.88 Å². The number of fused-ring (bicyclic) bond motifs is 1. The molecule has 17 heavy (non-hydrogen) atoms. The lowest BCUT2D eigenvalue weighted by atomic mass is 10.3. The number of rotatable bonds is 4. The number of hydrogen-bond acceptors (Lipinski definition) is 4. The average Bonchev–Trinajstić information content (AvgIpc) is 2.60. The van der Waals surface area contributed by atoms with Gasteiger partial charge in [0.25, 0.3) is 0 Å². The van der Waals surface area contributed by atoms with Gasteiger partial charge in [-0.3, -0.25) is 0 Å². The summed E-state index contributed by atoms with van der Waals surface area (Å²) in [6, 6.07) is 5.83. The maximum atomic E-state index is 9.39. The molecular weight excluding hydrogens is 260 g/mol. The Morgan fingerprint density at radius 2 is 2.06 bits per heavy atom. The summed E-state index contributed by atoms with van der Waals surface area (Å²) in [5, 5.41) is 9.39. The van der Waals surface area contributed by atoms with Crippen LogP contribution in [-0.4, -0.2) is 36.1 Å². The van der Waals surface area contributed by atoms with E-state index in [2.05, 4.69) is 0 Å². The Kier molecular flexibility index (Phi) is 4.83. The summed E-state index contributed by atoms with van der Waals surface area (Å²) in [6.45, 7) is 1.38. The molecule has 1 aromatic carbocycles. The third kappa shape index (κ3) is 3.69. The maximum Gasteiger partial charge on any atom is 0.162 e. The minimum atomic E-state index is -0.474. The first-order valence-corrected chi connectivity index (χ1v) is 7.08. The third-order valence-corrected chi connectivity index (χ3v) is 3.83. The molecular formula is C12H15ClO3S. The predicted molar refractivity (Wildman–Crippen MR) is 69.5 cm³/mol. The lowest BCUT2D eigenvalue weighted by Gasteiger charge is -2.10. The highest BCUT2D eigenvalue weighted by molar-refractivity contribution is 7.99. The zero-order valence-corrected chi connectivity index (χ0v) is 11.0. The number of hydrogen-bond donors (Lipinski definition) is 1. The van der Waals surface area contributed by atoms with E-state index >= 15 is 0 Å². The van der Waals surface area contributed by atoms with Gasteiger partial charge < -0.3 is 14.6 Å². The zero-order chi connectivity index (χ0) is 12.1. The van der Waals surface area contributed by atoms with Gasteiger partial charge in [-0.1, -0.05) is 0 Å². The molecule has 1 heterocycles. The first-order chi connectivity index (χ1) is 8.29. The van der Waals surface area contributed by atoms with Crippen LogP contribution in [0.5, 0.6) is 11.5 Å². The van der Waals surface area contributed by atoms with Crippen LogP contribution in [0.15, 0.2) is 23.1 Å². The molecule has 1 aliphatic rings. The van der Waals surface area contributed by atoms with Crippen molar-refractivity contribution in [3.8, 4) is 11.5 Å². The Morgan fingerprint density at radius 1 is 1.29 bits per heavy atom. The number of benzene rings is 1. The van der Waals surface area contributed by atoms with Crippen molar-refractivity contribution < 1.29 is 14.6 Å². The normalized spacial score (nSPS) is 16.4. The molecule has 0 aromatic heterocycles. The summed E-state index contributed by atoms with van der Waals surface area (Å²) < 4.78 is 11.1. The fourth-order valence-electron chi connectivity index (χ4n) is 1.47. The molecule has 0 amide bonds. The molecule has 0 aliphatic carbocycles. The van der Waals surface area contributed by atoms with Crippen molar-refractivity contribution in [1.29, 1.82) is 0 Å². The number of thioether (sulfide) groups is 1. The lowest BCUT2D eigenvalue weighted by Crippen LogP contribution is -2.10. The van der Waals surface area contributed by atoms with E-state index in [4.69, 9.17) is 21.1 Å². The van der Waals surface area contributed by atoms with Crippen LogP contribution >= 0.6 is 23.4 Å². The second kappa shape index (κ2) is 6.38. The average molecular weight is 275 g/mol. The fraction of sp³-hybridized carbons (Fsp3) is 0.500. The van der Waals surface area contributed by atoms with Gasteiger partial charge in [-0.05, 0) is 18.2 Å². The van der Waals surface area contributed by atoms with Gasteiger partial charge >= 0.3 is 0 Å². The van der Waals surface area contributed by atoms with Crippen LogP contribution in [-0.2, 0) is 0 Å². The Morgan fingerprint density at radius 3 is 2.82 bits per heavy atom. The van der Waals surface area contributed by atoms with Gasteiger partial charge in [0.15, 0.2) is 11.5 Å². The minimum Gasteiger partial charge on any atom is -0.490 e. The smallest absolute Gasteiger partial charge is 0.162 e. The van der Waals surface area contributed by atoms with E-state index in [9.17, 15) is 5.11 Å². The molecule has 0 saturated carbocycles. The number of alkyl halides is 1.